The summed E-state index contributed by atoms with van der Waals surface area (Å²) < 4.78 is 31.5. The van der Waals surface area contributed by atoms with Gasteiger partial charge < -0.3 is 12.6 Å². The van der Waals surface area contributed by atoms with Gasteiger partial charge in [0.15, 0.2) is 5.84 Å². The molecule has 1 saturated heterocycles. The fourth-order valence-corrected chi connectivity index (χ4v) is 6.02. The summed E-state index contributed by atoms with van der Waals surface area (Å²) in [5.41, 5.74) is 2.49. The number of para-hydroxylation sites is 1. The number of anilines is 1. The number of piperidine rings is 1. The molecule has 0 bridgehead atoms. The van der Waals surface area contributed by atoms with Gasteiger partial charge in [0.1, 0.15) is 0 Å². The Morgan fingerprint density at radius 3 is 2.34 bits per heavy atom. The molecular weight excluding hydrogens is 575 g/mol. The first kappa shape index (κ1) is 27.8. The molecule has 4 rings (SSSR count). The van der Waals surface area contributed by atoms with Crippen LogP contribution in [0.4, 0.5) is 11.4 Å². The number of sulfonamides is 1. The van der Waals surface area contributed by atoms with Gasteiger partial charge >= 0.3 is 25.2 Å². The van der Waals surface area contributed by atoms with E-state index in [4.69, 9.17) is 18.0 Å². The number of hydrazone groups is 1. The first-order valence-corrected chi connectivity index (χ1v) is 14.5. The van der Waals surface area contributed by atoms with Gasteiger partial charge in [0.25, 0.3) is 0 Å². The monoisotopic (exact) mass is 597 g/mol. The van der Waals surface area contributed by atoms with Gasteiger partial charge in [-0.05, 0) is 56.2 Å². The maximum absolute atomic E-state index is 12.8. The predicted octanol–water partition coefficient (Wildman–Crippen LogP) is 5.91. The van der Waals surface area contributed by atoms with Crippen LogP contribution in [0.5, 0.6) is 0 Å². The first-order chi connectivity index (χ1) is 16.9. The number of nitrogens with one attached hydrogen (secondary N) is 1. The fourth-order valence-electron chi connectivity index (χ4n) is 3.62. The second kappa shape index (κ2) is 13.0. The molecule has 13 heteroatoms. The van der Waals surface area contributed by atoms with Crippen LogP contribution in [0.2, 0.25) is 0 Å². The van der Waals surface area contributed by atoms with E-state index in [-0.39, 0.29) is 10.7 Å². The third-order valence-corrected chi connectivity index (χ3v) is 8.21. The third kappa shape index (κ3) is 6.71. The average Bonchev–Trinajstić information content (AvgIpc) is 3.20. The van der Waals surface area contributed by atoms with Crippen molar-refractivity contribution in [1.82, 2.24) is 4.31 Å². The molecule has 2 aliphatic rings. The number of benzene rings is 2. The van der Waals surface area contributed by atoms with Gasteiger partial charge in [0.2, 0.25) is 10.0 Å². The Balaban J connectivity index is 0.00000167. The van der Waals surface area contributed by atoms with E-state index in [1.807, 2.05) is 30.3 Å². The molecule has 0 aromatic heterocycles. The van der Waals surface area contributed by atoms with Crippen molar-refractivity contribution in [2.75, 3.05) is 18.1 Å². The van der Waals surface area contributed by atoms with Crippen LogP contribution in [0.3, 0.4) is 0 Å². The van der Waals surface area contributed by atoms with Crippen LogP contribution in [0.25, 0.3) is 0 Å². The van der Waals surface area contributed by atoms with E-state index < -0.39 is 10.0 Å². The van der Waals surface area contributed by atoms with Gasteiger partial charge in [-0.15, -0.1) is 13.9 Å². The minimum absolute atomic E-state index is 0.193. The van der Waals surface area contributed by atoms with E-state index in [9.17, 15) is 8.42 Å². The zero-order valence-corrected chi connectivity index (χ0v) is 22.8. The molecule has 0 spiro atoms. The van der Waals surface area contributed by atoms with E-state index in [1.165, 1.54) is 9.31 Å². The molecule has 0 saturated carbocycles. The van der Waals surface area contributed by atoms with Crippen molar-refractivity contribution in [2.24, 2.45) is 14.7 Å². The quantitative estimate of drug-likeness (QED) is 0.193. The normalized spacial score (nSPS) is 18.3. The summed E-state index contributed by atoms with van der Waals surface area (Å²) >= 11 is 10.1. The Hall–Kier alpha value is -1.79. The van der Waals surface area contributed by atoms with Crippen LogP contribution < -0.4 is 5.01 Å². The van der Waals surface area contributed by atoms with Crippen molar-refractivity contribution >= 4 is 67.6 Å². The van der Waals surface area contributed by atoms with Crippen LogP contribution in [0.1, 0.15) is 26.2 Å². The molecule has 35 heavy (non-hydrogen) atoms. The molecule has 0 atom stereocenters. The number of halogens is 1. The molecule has 189 valence electrons. The second-order valence-electron chi connectivity index (χ2n) is 7.58. The predicted molar refractivity (Wildman–Crippen MR) is 141 cm³/mol. The zero-order chi connectivity index (χ0) is 25.4. The number of amidine groups is 1. The molecular formula is C22H23ClCuN6O2S3. The first-order valence-electron chi connectivity index (χ1n) is 10.6. The van der Waals surface area contributed by atoms with E-state index in [0.717, 1.165) is 36.9 Å². The topological polar surface area (TPSA) is 102 Å². The van der Waals surface area contributed by atoms with Crippen molar-refractivity contribution < 1.29 is 23.5 Å². The van der Waals surface area contributed by atoms with Crippen molar-refractivity contribution in [2.45, 2.75) is 31.1 Å². The van der Waals surface area contributed by atoms with Crippen LogP contribution in [-0.4, -0.2) is 37.4 Å². The van der Waals surface area contributed by atoms with E-state index >= 15 is 0 Å². The van der Waals surface area contributed by atoms with Crippen LogP contribution >= 0.6 is 22.0 Å². The Kier molecular flexibility index (Phi) is 10.3. The molecule has 8 nitrogen and oxygen atoms in total. The zero-order valence-electron chi connectivity index (χ0n) is 18.7. The fraction of sp³-hybridized carbons (Fsp3) is 0.273. The Labute approximate surface area is 228 Å². The molecule has 2 heterocycles. The molecule has 2 aromatic rings. The summed E-state index contributed by atoms with van der Waals surface area (Å²) in [5.74, 6) is 0.193. The second-order valence-corrected chi connectivity index (χ2v) is 10.9. The summed E-state index contributed by atoms with van der Waals surface area (Å²) in [6.45, 7) is 2.94. The van der Waals surface area contributed by atoms with Crippen molar-refractivity contribution in [3.05, 3.63) is 64.4 Å². The average molecular weight is 599 g/mol. The minimum atomic E-state index is -3.47. The van der Waals surface area contributed by atoms with Gasteiger partial charge in [-0.25, -0.2) is 13.4 Å². The Morgan fingerprint density at radius 1 is 1.09 bits per heavy atom. The Bertz CT molecular complexity index is 1230. The maximum atomic E-state index is 12.8. The SMILES string of the molecule is CC1=NN(c2ccccc2)C(=N)/C1=C(/[S-])SN=Nc1ccc(S(=O)(=O)N2CCCCC2)cc1.[Cl][Cu+]. The van der Waals surface area contributed by atoms with Gasteiger partial charge in [0.05, 0.1) is 22.0 Å². The van der Waals surface area contributed by atoms with Gasteiger partial charge in [-0.2, -0.15) is 9.41 Å². The Morgan fingerprint density at radius 2 is 1.71 bits per heavy atom. The molecule has 0 radical (unpaired) electrons. The van der Waals surface area contributed by atoms with E-state index in [1.54, 1.807) is 31.2 Å². The van der Waals surface area contributed by atoms with Crippen LogP contribution in [0.15, 0.2) is 84.0 Å². The summed E-state index contributed by atoms with van der Waals surface area (Å²) in [6, 6.07) is 15.8. The van der Waals surface area contributed by atoms with E-state index in [0.29, 0.717) is 34.3 Å². The summed E-state index contributed by atoms with van der Waals surface area (Å²) in [6.07, 6.45) is 2.86. The molecule has 0 aliphatic carbocycles. The van der Waals surface area contributed by atoms with Crippen molar-refractivity contribution in [3.63, 3.8) is 0 Å². The number of hydrogen-bond donors (Lipinski definition) is 1. The molecule has 1 fully saturated rings. The molecule has 1 N–H and O–H groups in total. The van der Waals surface area contributed by atoms with Crippen LogP contribution in [-0.2, 0) is 37.8 Å². The van der Waals surface area contributed by atoms with E-state index in [2.05, 4.69) is 39.9 Å². The number of hydrogen-bond acceptors (Lipinski definition) is 8. The van der Waals surface area contributed by atoms with Gasteiger partial charge in [-0.3, -0.25) is 5.41 Å². The molecule has 0 amide bonds. The standard InChI is InChI=1S/C22H24N6O2S3.ClH.Cu/c1-16-20(21(23)28(25-16)18-8-4-2-5-9-18)22(31)32-26-24-17-10-12-19(13-11-17)33(29,30)27-14-6-3-7-15-27;;/h2,4-5,8-13,23,31H,3,6-7,14-15H2,1H3;1H;/q;;+2/p-2/b22-20-,23-21?,26-24?;;. The summed E-state index contributed by atoms with van der Waals surface area (Å²) in [4.78, 5) is 0.259. The molecule has 2 aliphatic heterocycles. The van der Waals surface area contributed by atoms with Crippen molar-refractivity contribution in [3.8, 4) is 0 Å². The van der Waals surface area contributed by atoms with Crippen LogP contribution in [0, 0.1) is 5.41 Å². The van der Waals surface area contributed by atoms with Gasteiger partial charge in [-0.1, -0.05) is 24.6 Å². The summed E-state index contributed by atoms with van der Waals surface area (Å²) in [7, 11) is 0.727. The number of rotatable bonds is 6. The van der Waals surface area contributed by atoms with Crippen molar-refractivity contribution in [1.29, 1.82) is 5.41 Å². The van der Waals surface area contributed by atoms with Gasteiger partial charge in [0, 0.05) is 30.6 Å². The molecule has 2 aromatic carbocycles. The number of nitrogens with zero attached hydrogens (tertiary/aromatic N) is 5. The summed E-state index contributed by atoms with van der Waals surface area (Å²) in [5, 5.41) is 18.6. The molecule has 0 unspecified atom stereocenters. The third-order valence-electron chi connectivity index (χ3n) is 5.33.